The van der Waals surface area contributed by atoms with Gasteiger partial charge in [-0.15, -0.1) is 0 Å². The average Bonchev–Trinajstić information content (AvgIpc) is 2.95. The van der Waals surface area contributed by atoms with Gasteiger partial charge in [-0.3, -0.25) is 19.3 Å². The summed E-state index contributed by atoms with van der Waals surface area (Å²) in [6.07, 6.45) is 3.53. The third-order valence-corrected chi connectivity index (χ3v) is 2.54. The van der Waals surface area contributed by atoms with Crippen LogP contribution in [-0.4, -0.2) is 50.3 Å². The molecule has 0 N–H and O–H groups in total. The minimum Gasteiger partial charge on any atom is -0.274 e. The van der Waals surface area contributed by atoms with Crippen molar-refractivity contribution in [3.63, 3.8) is 0 Å². The average molecular weight is 270 g/mol. The maximum atomic E-state index is 11.7. The molecule has 108 valence electrons. The Balaban J connectivity index is 0.00000154. The first-order valence-electron chi connectivity index (χ1n) is 6.05. The van der Waals surface area contributed by atoms with E-state index in [1.165, 1.54) is 28.3 Å². The van der Waals surface area contributed by atoms with Gasteiger partial charge in [-0.25, -0.2) is 10.1 Å². The maximum absolute atomic E-state index is 11.7. The number of hydroxylamine groups is 4. The fraction of sp³-hybridized carbons (Fsp3) is 0.538. The Morgan fingerprint density at radius 3 is 1.53 bits per heavy atom. The third kappa shape index (κ3) is 4.50. The van der Waals surface area contributed by atoms with Gasteiger partial charge in [0.1, 0.15) is 0 Å². The smallest absolute Gasteiger partial charge is 0.273 e. The van der Waals surface area contributed by atoms with Crippen molar-refractivity contribution in [3.8, 4) is 0 Å². The molecule has 0 saturated heterocycles. The van der Waals surface area contributed by atoms with Crippen LogP contribution in [0.5, 0.6) is 0 Å². The van der Waals surface area contributed by atoms with Crippen LogP contribution in [0.3, 0.4) is 0 Å². The number of allylic oxidation sites excluding steroid dienone is 2. The summed E-state index contributed by atoms with van der Waals surface area (Å²) in [6.45, 7) is 4.00. The van der Waals surface area contributed by atoms with E-state index in [2.05, 4.69) is 0 Å². The van der Waals surface area contributed by atoms with E-state index in [1.54, 1.807) is 12.2 Å². The van der Waals surface area contributed by atoms with Crippen LogP contribution in [0.1, 0.15) is 20.3 Å². The lowest BCUT2D eigenvalue weighted by Gasteiger charge is -2.16. The molecule has 19 heavy (non-hydrogen) atoms. The second-order valence-corrected chi connectivity index (χ2v) is 3.53. The van der Waals surface area contributed by atoms with E-state index in [-0.39, 0.29) is 11.8 Å². The van der Waals surface area contributed by atoms with Crippen LogP contribution in [0.4, 0.5) is 0 Å². The number of hydrogen-bond acceptors (Lipinski definition) is 4. The number of carbonyl (C=O) groups is 2. The van der Waals surface area contributed by atoms with Crippen LogP contribution >= 0.6 is 0 Å². The maximum Gasteiger partial charge on any atom is 0.273 e. The minimum atomic E-state index is -0.258. The summed E-state index contributed by atoms with van der Waals surface area (Å²) in [5.74, 6) is -0.516. The summed E-state index contributed by atoms with van der Waals surface area (Å²) in [7, 11) is 5.85. The molecule has 0 aromatic heterocycles. The fourth-order valence-electron chi connectivity index (χ4n) is 1.39. The molecule has 0 bridgehead atoms. The summed E-state index contributed by atoms with van der Waals surface area (Å²) in [5, 5.41) is 2.24. The predicted octanol–water partition coefficient (Wildman–Crippen LogP) is 1.31. The van der Waals surface area contributed by atoms with Crippen molar-refractivity contribution < 1.29 is 19.3 Å². The largest absolute Gasteiger partial charge is 0.274 e. The SMILES string of the molecule is CC.CON(C)C(=O)C1=CC=C(C(=O)N(C)OC)C1. The van der Waals surface area contributed by atoms with Crippen molar-refractivity contribution in [1.29, 1.82) is 0 Å². The van der Waals surface area contributed by atoms with Crippen molar-refractivity contribution >= 4 is 11.8 Å². The number of carbonyl (C=O) groups excluding carboxylic acids is 2. The highest BCUT2D eigenvalue weighted by Crippen LogP contribution is 2.22. The molecule has 0 radical (unpaired) electrons. The van der Waals surface area contributed by atoms with Crippen LogP contribution in [0, 0.1) is 0 Å². The van der Waals surface area contributed by atoms with E-state index in [1.807, 2.05) is 13.8 Å². The van der Waals surface area contributed by atoms with Gasteiger partial charge < -0.3 is 0 Å². The zero-order chi connectivity index (χ0) is 15.0. The van der Waals surface area contributed by atoms with E-state index in [0.717, 1.165) is 10.1 Å². The normalized spacial score (nSPS) is 12.9. The summed E-state index contributed by atoms with van der Waals surface area (Å²) in [6, 6.07) is 0. The van der Waals surface area contributed by atoms with Gasteiger partial charge in [0.25, 0.3) is 11.8 Å². The fourth-order valence-corrected chi connectivity index (χ4v) is 1.39. The van der Waals surface area contributed by atoms with Crippen molar-refractivity contribution in [2.24, 2.45) is 0 Å². The van der Waals surface area contributed by atoms with E-state index >= 15 is 0 Å². The van der Waals surface area contributed by atoms with Gasteiger partial charge in [-0.05, 0) is 0 Å². The molecule has 0 aromatic carbocycles. The van der Waals surface area contributed by atoms with Gasteiger partial charge in [0.2, 0.25) is 0 Å². The van der Waals surface area contributed by atoms with Gasteiger partial charge in [0, 0.05) is 31.7 Å². The molecule has 1 aliphatic carbocycles. The van der Waals surface area contributed by atoms with Crippen molar-refractivity contribution in [3.05, 3.63) is 23.3 Å². The molecular weight excluding hydrogens is 248 g/mol. The van der Waals surface area contributed by atoms with Crippen LogP contribution in [0.25, 0.3) is 0 Å². The quantitative estimate of drug-likeness (QED) is 0.723. The predicted molar refractivity (Wildman–Crippen MR) is 71.7 cm³/mol. The molecule has 6 nitrogen and oxygen atoms in total. The number of nitrogens with zero attached hydrogens (tertiary/aromatic N) is 2. The molecule has 0 aliphatic heterocycles. The Bertz CT molecular complexity index is 352. The van der Waals surface area contributed by atoms with Crippen LogP contribution in [-0.2, 0) is 19.3 Å². The van der Waals surface area contributed by atoms with Gasteiger partial charge in [0.15, 0.2) is 0 Å². The highest BCUT2D eigenvalue weighted by Gasteiger charge is 2.24. The van der Waals surface area contributed by atoms with Gasteiger partial charge in [-0.2, -0.15) is 0 Å². The van der Waals surface area contributed by atoms with E-state index < -0.39 is 0 Å². The standard InChI is InChI=1S/C11H16N2O4.C2H6/c1-12(16-3)10(14)8-5-6-9(7-8)11(15)13(2)17-4;1-2/h5-6H,7H2,1-4H3;1-2H3. The lowest BCUT2D eigenvalue weighted by atomic mass is 10.1. The first-order valence-corrected chi connectivity index (χ1v) is 6.05. The molecule has 1 aliphatic rings. The summed E-state index contributed by atoms with van der Waals surface area (Å²) in [5.41, 5.74) is 1.03. The first-order chi connectivity index (χ1) is 9.01. The van der Waals surface area contributed by atoms with E-state index in [9.17, 15) is 9.59 Å². The first kappa shape index (κ1) is 17.3. The van der Waals surface area contributed by atoms with Crippen LogP contribution < -0.4 is 0 Å². The zero-order valence-electron chi connectivity index (χ0n) is 12.4. The third-order valence-electron chi connectivity index (χ3n) is 2.54. The zero-order valence-corrected chi connectivity index (χ0v) is 12.4. The van der Waals surface area contributed by atoms with Crippen LogP contribution in [0.15, 0.2) is 23.3 Å². The Kier molecular flexibility index (Phi) is 7.71. The monoisotopic (exact) mass is 270 g/mol. The molecule has 0 spiro atoms. The molecule has 1 rings (SSSR count). The van der Waals surface area contributed by atoms with Gasteiger partial charge in [0.05, 0.1) is 14.2 Å². The summed E-state index contributed by atoms with van der Waals surface area (Å²) >= 11 is 0. The molecule has 0 saturated carbocycles. The highest BCUT2D eigenvalue weighted by molar-refractivity contribution is 6.01. The molecule has 2 amide bonds. The molecule has 6 heteroatoms. The second kappa shape index (κ2) is 8.44. The number of amides is 2. The molecule has 0 aromatic rings. The number of rotatable bonds is 4. The molecular formula is C13H22N2O4. The van der Waals surface area contributed by atoms with Gasteiger partial charge in [-0.1, -0.05) is 26.0 Å². The summed E-state index contributed by atoms with van der Waals surface area (Å²) in [4.78, 5) is 33.0. The topological polar surface area (TPSA) is 59.1 Å². The molecule has 0 unspecified atom stereocenters. The van der Waals surface area contributed by atoms with Crippen molar-refractivity contribution in [2.45, 2.75) is 20.3 Å². The Labute approximate surface area is 114 Å². The number of likely N-dealkylation sites (N-methyl/N-ethyl adjacent to an activating group) is 2. The summed E-state index contributed by atoms with van der Waals surface area (Å²) < 4.78 is 0. The Morgan fingerprint density at radius 1 is 0.947 bits per heavy atom. The van der Waals surface area contributed by atoms with Gasteiger partial charge >= 0.3 is 0 Å². The Morgan fingerprint density at radius 2 is 1.26 bits per heavy atom. The van der Waals surface area contributed by atoms with E-state index in [0.29, 0.717) is 17.6 Å². The number of hydrogen-bond donors (Lipinski definition) is 0. The molecule has 0 heterocycles. The Hall–Kier alpha value is -1.66. The second-order valence-electron chi connectivity index (χ2n) is 3.53. The molecule has 0 fully saturated rings. The van der Waals surface area contributed by atoms with Crippen molar-refractivity contribution in [1.82, 2.24) is 10.1 Å². The van der Waals surface area contributed by atoms with Crippen LogP contribution in [0.2, 0.25) is 0 Å². The lowest BCUT2D eigenvalue weighted by molar-refractivity contribution is -0.164. The van der Waals surface area contributed by atoms with Crippen molar-refractivity contribution in [2.75, 3.05) is 28.3 Å². The molecule has 0 atom stereocenters. The highest BCUT2D eigenvalue weighted by atomic mass is 16.7. The lowest BCUT2D eigenvalue weighted by Crippen LogP contribution is -2.29. The minimum absolute atomic E-state index is 0.258. The van der Waals surface area contributed by atoms with E-state index in [4.69, 9.17) is 9.68 Å².